The number of nitrogens with two attached hydrogens (primary N) is 1. The number of nitrogens with zero attached hydrogens (tertiary/aromatic N) is 1. The molecule has 0 aliphatic heterocycles. The number of rotatable bonds is 4. The average molecular weight is 190 g/mol. The molecule has 1 rings (SSSR count). The Morgan fingerprint density at radius 3 is 2.92 bits per heavy atom. The van der Waals surface area contributed by atoms with Crippen LogP contribution in [0.25, 0.3) is 0 Å². The Morgan fingerprint density at radius 2 is 2.42 bits per heavy atom. The van der Waals surface area contributed by atoms with Crippen LogP contribution >= 0.6 is 0 Å². The third kappa shape index (κ3) is 2.03. The van der Waals surface area contributed by atoms with E-state index in [4.69, 9.17) is 5.73 Å². The van der Waals surface area contributed by atoms with Gasteiger partial charge in [-0.15, -0.1) is 0 Å². The molecule has 0 aliphatic rings. The lowest BCUT2D eigenvalue weighted by Gasteiger charge is -2.00. The molecule has 0 spiro atoms. The van der Waals surface area contributed by atoms with Crippen LogP contribution in [0.4, 0.5) is 0 Å². The maximum atomic E-state index is 11.2. The van der Waals surface area contributed by atoms with Gasteiger partial charge >= 0.3 is 0 Å². The molecule has 6 nitrogen and oxygen atoms in total. The topological polar surface area (TPSA) is 101 Å². The van der Waals surface area contributed by atoms with Gasteiger partial charge < -0.3 is 10.7 Å². The molecule has 0 saturated carbocycles. The second-order valence-corrected chi connectivity index (χ2v) is 3.84. The van der Waals surface area contributed by atoms with Gasteiger partial charge in [-0.2, -0.15) is 0 Å². The highest BCUT2D eigenvalue weighted by Gasteiger charge is 2.13. The molecule has 1 heterocycles. The molecule has 4 N–H and O–H groups in total. The number of imidazole rings is 1. The smallest absolute Gasteiger partial charge is 0.257 e. The van der Waals surface area contributed by atoms with Crippen molar-refractivity contribution in [3.8, 4) is 0 Å². The van der Waals surface area contributed by atoms with Gasteiger partial charge in [0.15, 0.2) is 5.03 Å². The number of aromatic amines is 1. The van der Waals surface area contributed by atoms with Crippen molar-refractivity contribution >= 4 is 10.0 Å². The summed E-state index contributed by atoms with van der Waals surface area (Å²) in [6.45, 7) is 0.495. The normalized spacial score (nSPS) is 11.8. The summed E-state index contributed by atoms with van der Waals surface area (Å²) in [4.78, 5) is 6.07. The number of sulfonamides is 1. The highest BCUT2D eigenvalue weighted by Crippen LogP contribution is 2.00. The van der Waals surface area contributed by atoms with Crippen molar-refractivity contribution in [1.29, 1.82) is 0 Å². The largest absolute Gasteiger partial charge is 0.335 e. The minimum atomic E-state index is -3.43. The molecule has 0 aliphatic carbocycles. The molecule has 0 bridgehead atoms. The number of nitrogens with one attached hydrogen (secondary N) is 2. The van der Waals surface area contributed by atoms with Crippen LogP contribution < -0.4 is 10.5 Å². The van der Waals surface area contributed by atoms with Gasteiger partial charge in [0.25, 0.3) is 10.0 Å². The molecule has 12 heavy (non-hydrogen) atoms. The van der Waals surface area contributed by atoms with Crippen LogP contribution in [0.5, 0.6) is 0 Å². The van der Waals surface area contributed by atoms with Gasteiger partial charge in [0.1, 0.15) is 0 Å². The Balaban J connectivity index is 2.74. The Kier molecular flexibility index (Phi) is 2.79. The van der Waals surface area contributed by atoms with Crippen molar-refractivity contribution in [1.82, 2.24) is 14.7 Å². The first-order valence-corrected chi connectivity index (χ1v) is 4.83. The van der Waals surface area contributed by atoms with Gasteiger partial charge in [-0.05, 0) is 0 Å². The molecule has 0 atom stereocenters. The number of hydrogen-bond acceptors (Lipinski definition) is 4. The Hall–Kier alpha value is -0.920. The molecular formula is C5H10N4O2S. The molecule has 1 aromatic rings. The summed E-state index contributed by atoms with van der Waals surface area (Å²) in [6, 6.07) is 0. The maximum absolute atomic E-state index is 11.2. The van der Waals surface area contributed by atoms with Gasteiger partial charge in [-0.1, -0.05) is 0 Å². The average Bonchev–Trinajstić information content (AvgIpc) is 2.53. The van der Waals surface area contributed by atoms with Crippen LogP contribution in [0.15, 0.2) is 17.6 Å². The fourth-order valence-corrected chi connectivity index (χ4v) is 1.61. The zero-order valence-corrected chi connectivity index (χ0v) is 7.13. The lowest BCUT2D eigenvalue weighted by atomic mass is 10.7. The first-order valence-electron chi connectivity index (χ1n) is 3.35. The predicted octanol–water partition coefficient (Wildman–Crippen LogP) is -1.35. The van der Waals surface area contributed by atoms with Crippen molar-refractivity contribution in [2.75, 3.05) is 13.1 Å². The van der Waals surface area contributed by atoms with Gasteiger partial charge in [-0.25, -0.2) is 18.1 Å². The molecule has 0 saturated heterocycles. The van der Waals surface area contributed by atoms with Crippen molar-refractivity contribution in [3.05, 3.63) is 12.5 Å². The molecule has 0 amide bonds. The van der Waals surface area contributed by atoms with E-state index in [0.29, 0.717) is 0 Å². The van der Waals surface area contributed by atoms with Crippen molar-refractivity contribution in [2.45, 2.75) is 5.03 Å². The predicted molar refractivity (Wildman–Crippen MR) is 42.8 cm³/mol. The lowest BCUT2D eigenvalue weighted by Crippen LogP contribution is -2.29. The fraction of sp³-hybridized carbons (Fsp3) is 0.400. The second kappa shape index (κ2) is 3.65. The molecular weight excluding hydrogens is 180 g/mol. The zero-order valence-electron chi connectivity index (χ0n) is 6.32. The van der Waals surface area contributed by atoms with E-state index in [1.807, 2.05) is 0 Å². The summed E-state index contributed by atoms with van der Waals surface area (Å²) >= 11 is 0. The summed E-state index contributed by atoms with van der Waals surface area (Å²) in [6.07, 6.45) is 2.54. The standard InChI is InChI=1S/C5H10N4O2S/c6-1-2-9-12(10,11)5-3-7-4-8-5/h3-4,9H,1-2,6H2,(H,7,8). The summed E-state index contributed by atoms with van der Waals surface area (Å²) in [5.74, 6) is 0. The molecule has 0 radical (unpaired) electrons. The lowest BCUT2D eigenvalue weighted by molar-refractivity contribution is 0.579. The molecule has 0 unspecified atom stereocenters. The first kappa shape index (κ1) is 9.17. The monoisotopic (exact) mass is 190 g/mol. The number of H-pyrrole nitrogens is 1. The summed E-state index contributed by atoms with van der Waals surface area (Å²) in [7, 11) is -3.43. The third-order valence-corrected chi connectivity index (χ3v) is 2.59. The van der Waals surface area contributed by atoms with E-state index in [1.54, 1.807) is 0 Å². The fourth-order valence-electron chi connectivity index (χ4n) is 0.661. The van der Waals surface area contributed by atoms with Gasteiger partial charge in [0, 0.05) is 13.1 Å². The summed E-state index contributed by atoms with van der Waals surface area (Å²) in [5.41, 5.74) is 5.14. The van der Waals surface area contributed by atoms with Crippen molar-refractivity contribution in [2.24, 2.45) is 5.73 Å². The van der Waals surface area contributed by atoms with Gasteiger partial charge in [0.05, 0.1) is 12.5 Å². The molecule has 7 heteroatoms. The Bertz CT molecular complexity index is 317. The van der Waals surface area contributed by atoms with E-state index in [-0.39, 0.29) is 18.1 Å². The highest BCUT2D eigenvalue weighted by atomic mass is 32.2. The zero-order chi connectivity index (χ0) is 9.03. The van der Waals surface area contributed by atoms with Crippen molar-refractivity contribution in [3.63, 3.8) is 0 Å². The summed E-state index contributed by atoms with van der Waals surface area (Å²) in [5, 5.41) is 0.0518. The Labute approximate surface area is 70.2 Å². The van der Waals surface area contributed by atoms with Crippen LogP contribution in [-0.2, 0) is 10.0 Å². The first-order chi connectivity index (χ1) is 5.67. The second-order valence-electron chi connectivity index (χ2n) is 2.10. The van der Waals surface area contributed by atoms with E-state index in [0.717, 1.165) is 0 Å². The maximum Gasteiger partial charge on any atom is 0.257 e. The van der Waals surface area contributed by atoms with Gasteiger partial charge in [0.2, 0.25) is 0 Å². The van der Waals surface area contributed by atoms with Crippen molar-refractivity contribution < 1.29 is 8.42 Å². The SMILES string of the molecule is NCCNS(=O)(=O)c1cnc[nH]1. The van der Waals surface area contributed by atoms with E-state index < -0.39 is 10.0 Å². The highest BCUT2D eigenvalue weighted by molar-refractivity contribution is 7.89. The van der Waals surface area contributed by atoms with E-state index >= 15 is 0 Å². The minimum absolute atomic E-state index is 0.0518. The minimum Gasteiger partial charge on any atom is -0.335 e. The van der Waals surface area contributed by atoms with Gasteiger partial charge in [-0.3, -0.25) is 0 Å². The molecule has 0 fully saturated rings. The van der Waals surface area contributed by atoms with E-state index in [2.05, 4.69) is 14.7 Å². The van der Waals surface area contributed by atoms with E-state index in [9.17, 15) is 8.42 Å². The molecule has 1 aromatic heterocycles. The molecule has 68 valence electrons. The quantitative estimate of drug-likeness (QED) is 0.546. The Morgan fingerprint density at radius 1 is 1.67 bits per heavy atom. The molecule has 0 aromatic carbocycles. The third-order valence-electron chi connectivity index (χ3n) is 1.20. The van der Waals surface area contributed by atoms with Crippen LogP contribution in [0, 0.1) is 0 Å². The van der Waals surface area contributed by atoms with Crippen LogP contribution in [0.1, 0.15) is 0 Å². The van der Waals surface area contributed by atoms with Crippen LogP contribution in [0.2, 0.25) is 0 Å². The number of aromatic nitrogens is 2. The van der Waals surface area contributed by atoms with Crippen LogP contribution in [0.3, 0.4) is 0 Å². The summed E-state index contributed by atoms with van der Waals surface area (Å²) < 4.78 is 24.7. The number of hydrogen-bond donors (Lipinski definition) is 3. The van der Waals surface area contributed by atoms with Crippen LogP contribution in [-0.4, -0.2) is 31.5 Å². The van der Waals surface area contributed by atoms with E-state index in [1.165, 1.54) is 12.5 Å².